The van der Waals surface area contributed by atoms with Crippen molar-refractivity contribution in [3.05, 3.63) is 42.0 Å². The third kappa shape index (κ3) is 16.1. The summed E-state index contributed by atoms with van der Waals surface area (Å²) in [6.45, 7) is 16.1. The molecule has 0 aromatic heterocycles. The summed E-state index contributed by atoms with van der Waals surface area (Å²) in [5.41, 5.74) is -0.473. The molecule has 1 unspecified atom stereocenters. The zero-order chi connectivity index (χ0) is 34.3. The van der Waals surface area contributed by atoms with Gasteiger partial charge in [-0.3, -0.25) is 9.59 Å². The number of hydrogen-bond acceptors (Lipinski definition) is 8. The van der Waals surface area contributed by atoms with Gasteiger partial charge >= 0.3 is 12.1 Å². The van der Waals surface area contributed by atoms with E-state index < -0.39 is 41.1 Å². The van der Waals surface area contributed by atoms with Crippen LogP contribution in [0.15, 0.2) is 36.4 Å². The van der Waals surface area contributed by atoms with Gasteiger partial charge in [0.25, 0.3) is 0 Å². The van der Waals surface area contributed by atoms with Gasteiger partial charge in [-0.1, -0.05) is 32.1 Å². The van der Waals surface area contributed by atoms with Gasteiger partial charge in [-0.05, 0) is 96.9 Å². The van der Waals surface area contributed by atoms with Crippen LogP contribution < -0.4 is 20.7 Å². The Morgan fingerprint density at radius 2 is 1.61 bits per heavy atom. The van der Waals surface area contributed by atoms with Crippen molar-refractivity contribution in [1.82, 2.24) is 16.0 Å². The van der Waals surface area contributed by atoms with Gasteiger partial charge in [0.15, 0.2) is 0 Å². The van der Waals surface area contributed by atoms with Crippen LogP contribution in [0, 0.1) is 11.8 Å². The Kier molecular flexibility index (Phi) is 15.5. The van der Waals surface area contributed by atoms with Gasteiger partial charge in [-0.2, -0.15) is 0 Å². The van der Waals surface area contributed by atoms with E-state index in [1.54, 1.807) is 41.5 Å². The summed E-state index contributed by atoms with van der Waals surface area (Å²) < 4.78 is 22.4. The molecule has 1 aromatic carbocycles. The van der Waals surface area contributed by atoms with Gasteiger partial charge in [-0.25, -0.2) is 9.59 Å². The van der Waals surface area contributed by atoms with Crippen molar-refractivity contribution in [1.29, 1.82) is 0 Å². The van der Waals surface area contributed by atoms with E-state index in [0.717, 1.165) is 5.56 Å². The average Bonchev–Trinajstić information content (AvgIpc) is 2.93. The molecule has 3 atom stereocenters. The number of carbonyl (C=O) groups excluding carboxylic acids is 4. The number of ether oxygens (including phenoxy) is 4. The Morgan fingerprint density at radius 3 is 2.24 bits per heavy atom. The molecule has 11 nitrogen and oxygen atoms in total. The minimum absolute atomic E-state index is 0.102. The Hall–Kier alpha value is -3.60. The fraction of sp³-hybridized carbons (Fsp3) is 0.657. The molecule has 0 saturated heterocycles. The van der Waals surface area contributed by atoms with Crippen molar-refractivity contribution < 1.29 is 38.1 Å². The molecule has 1 aromatic rings. The Labute approximate surface area is 274 Å². The van der Waals surface area contributed by atoms with Gasteiger partial charge in [0.2, 0.25) is 11.8 Å². The monoisotopic (exact) mass is 645 g/mol. The highest BCUT2D eigenvalue weighted by atomic mass is 16.6. The first-order valence-electron chi connectivity index (χ1n) is 16.3. The van der Waals surface area contributed by atoms with E-state index in [9.17, 15) is 19.2 Å². The van der Waals surface area contributed by atoms with Gasteiger partial charge in [-0.15, -0.1) is 0 Å². The normalized spacial score (nSPS) is 19.4. The molecule has 11 heteroatoms. The van der Waals surface area contributed by atoms with Crippen molar-refractivity contribution in [3.63, 3.8) is 0 Å². The number of amides is 3. The predicted molar refractivity (Wildman–Crippen MR) is 176 cm³/mol. The average molecular weight is 646 g/mol. The Morgan fingerprint density at radius 1 is 0.957 bits per heavy atom. The minimum atomic E-state index is -0.913. The van der Waals surface area contributed by atoms with Crippen LogP contribution in [-0.4, -0.2) is 73.5 Å². The maximum Gasteiger partial charge on any atom is 0.407 e. The van der Waals surface area contributed by atoms with E-state index in [2.05, 4.69) is 16.0 Å². The molecule has 2 bridgehead atoms. The summed E-state index contributed by atoms with van der Waals surface area (Å²) in [6, 6.07) is 6.30. The molecular weight excluding hydrogens is 590 g/mol. The van der Waals surface area contributed by atoms with Crippen molar-refractivity contribution in [3.8, 4) is 5.75 Å². The number of alkyl carbamates (subject to hydrolysis) is 1. The molecule has 2 heterocycles. The zero-order valence-electron chi connectivity index (χ0n) is 28.9. The van der Waals surface area contributed by atoms with Crippen molar-refractivity contribution in [2.75, 3.05) is 26.4 Å². The van der Waals surface area contributed by atoms with Crippen LogP contribution >= 0.6 is 0 Å². The maximum absolute atomic E-state index is 13.6. The van der Waals surface area contributed by atoms with Crippen LogP contribution in [0.3, 0.4) is 0 Å². The molecule has 258 valence electrons. The molecule has 2 aliphatic heterocycles. The molecule has 2 aliphatic rings. The minimum Gasteiger partial charge on any atom is -0.490 e. The van der Waals surface area contributed by atoms with E-state index >= 15 is 0 Å². The second-order valence-electron chi connectivity index (χ2n) is 14.0. The first-order valence-corrected chi connectivity index (χ1v) is 16.3. The summed E-state index contributed by atoms with van der Waals surface area (Å²) in [5, 5.41) is 8.62. The first-order chi connectivity index (χ1) is 21.5. The van der Waals surface area contributed by atoms with Gasteiger partial charge in [0, 0.05) is 13.0 Å². The van der Waals surface area contributed by atoms with Crippen molar-refractivity contribution in [2.24, 2.45) is 11.8 Å². The smallest absolute Gasteiger partial charge is 0.407 e. The number of rotatable bonds is 10. The molecule has 0 aliphatic carbocycles. The third-order valence-electron chi connectivity index (χ3n) is 6.98. The maximum atomic E-state index is 13.6. The number of esters is 1. The lowest BCUT2D eigenvalue weighted by molar-refractivity contribution is -0.159. The number of hydrogen-bond donors (Lipinski definition) is 3. The van der Waals surface area contributed by atoms with Gasteiger partial charge in [0.05, 0.1) is 25.2 Å². The highest BCUT2D eigenvalue weighted by Crippen LogP contribution is 2.19. The van der Waals surface area contributed by atoms with Crippen molar-refractivity contribution in [2.45, 2.75) is 111 Å². The lowest BCUT2D eigenvalue weighted by Gasteiger charge is -2.27. The topological polar surface area (TPSA) is 141 Å². The standard InChI is InChI=1S/C35H55N3O8/c1-24(2)29-23-43-19-11-12-20-44-27-16-14-25(15-17-27)21-26(31(40)38-29)22-30(39)37-28(32(41)45-34(3,4)5)13-9-10-18-36-33(42)46-35(6,7)8/h11-12,14-17,24,26,28-29H,9-10,13,18-23H2,1-8H3,(H,36,42)(H,37,39)(H,38,40)/b12-11+/t26-,28?,29+/m0/s1. The van der Waals surface area contributed by atoms with E-state index in [-0.39, 0.29) is 24.3 Å². The summed E-state index contributed by atoms with van der Waals surface area (Å²) >= 11 is 0. The van der Waals surface area contributed by atoms with Gasteiger partial charge in [0.1, 0.15) is 29.6 Å². The van der Waals surface area contributed by atoms with E-state index in [4.69, 9.17) is 18.9 Å². The van der Waals surface area contributed by atoms with Crippen LogP contribution in [0.1, 0.15) is 86.6 Å². The molecule has 3 amide bonds. The summed E-state index contributed by atoms with van der Waals surface area (Å²) in [7, 11) is 0. The molecule has 0 spiro atoms. The molecule has 46 heavy (non-hydrogen) atoms. The number of benzene rings is 1. The number of unbranched alkanes of at least 4 members (excludes halogenated alkanes) is 1. The second-order valence-corrected chi connectivity index (χ2v) is 14.0. The van der Waals surface area contributed by atoms with Crippen LogP contribution in [0.5, 0.6) is 5.75 Å². The lowest BCUT2D eigenvalue weighted by atomic mass is 9.93. The molecular formula is C35H55N3O8. The Bertz CT molecular complexity index is 1150. The summed E-state index contributed by atoms with van der Waals surface area (Å²) in [4.78, 5) is 52.1. The third-order valence-corrected chi connectivity index (χ3v) is 6.98. The highest BCUT2D eigenvalue weighted by molar-refractivity contribution is 5.89. The summed E-state index contributed by atoms with van der Waals surface area (Å²) in [6.07, 6.45) is 4.85. The van der Waals surface area contributed by atoms with E-state index in [1.807, 2.05) is 50.3 Å². The lowest BCUT2D eigenvalue weighted by Crippen LogP contribution is -2.48. The van der Waals surface area contributed by atoms with Crippen molar-refractivity contribution >= 4 is 23.9 Å². The molecule has 0 fully saturated rings. The number of fused-ring (bicyclic) bond motifs is 12. The van der Waals surface area contributed by atoms with E-state index in [0.29, 0.717) is 57.8 Å². The largest absolute Gasteiger partial charge is 0.490 e. The second kappa shape index (κ2) is 18.5. The predicted octanol–water partition coefficient (Wildman–Crippen LogP) is 4.86. The number of nitrogens with one attached hydrogen (secondary N) is 3. The number of carbonyl (C=O) groups is 4. The molecule has 3 N–H and O–H groups in total. The van der Waals surface area contributed by atoms with Crippen LogP contribution in [-0.2, 0) is 35.0 Å². The molecule has 0 saturated carbocycles. The van der Waals surface area contributed by atoms with E-state index in [1.165, 1.54) is 0 Å². The fourth-order valence-electron chi connectivity index (χ4n) is 4.59. The zero-order valence-corrected chi connectivity index (χ0v) is 28.9. The molecule has 0 radical (unpaired) electrons. The quantitative estimate of drug-likeness (QED) is 0.186. The SMILES string of the molecule is CC(C)[C@H]1COC/C=C/COc2ccc(cc2)C[C@@H](CC(=O)NC(CCCCNC(=O)OC(C)(C)C)C(=O)OC(C)(C)C)C(=O)N1. The first kappa shape index (κ1) is 38.6. The van der Waals surface area contributed by atoms with Crippen LogP contribution in [0.25, 0.3) is 0 Å². The fourth-order valence-corrected chi connectivity index (χ4v) is 4.59. The van der Waals surface area contributed by atoms with Gasteiger partial charge < -0.3 is 34.9 Å². The highest BCUT2D eigenvalue weighted by Gasteiger charge is 2.30. The molecule has 3 rings (SSSR count). The Balaban J connectivity index is 2.15. The summed E-state index contributed by atoms with van der Waals surface area (Å²) in [5.74, 6) is -1.14. The van der Waals surface area contributed by atoms with Crippen LogP contribution in [0.2, 0.25) is 0 Å². The van der Waals surface area contributed by atoms with Crippen LogP contribution in [0.4, 0.5) is 4.79 Å².